The van der Waals surface area contributed by atoms with Gasteiger partial charge in [0, 0.05) is 32.0 Å². The Morgan fingerprint density at radius 2 is 1.89 bits per heavy atom. The number of benzene rings is 2. The molecule has 0 saturated carbocycles. The highest BCUT2D eigenvalue weighted by Gasteiger charge is 2.01. The number of hydrogen-bond donors (Lipinski definition) is 1. The van der Waals surface area contributed by atoms with Crippen LogP contribution in [0.15, 0.2) is 42.5 Å². The van der Waals surface area contributed by atoms with E-state index in [2.05, 4.69) is 22.3 Å². The molecule has 0 aromatic heterocycles. The predicted octanol–water partition coefficient (Wildman–Crippen LogP) is 3.81. The molecular weight excluding hydrogens is 239 g/mol. The minimum atomic E-state index is -0.152. The van der Waals surface area contributed by atoms with Crippen LogP contribution in [-0.2, 0) is 6.54 Å². The van der Waals surface area contributed by atoms with Crippen molar-refractivity contribution < 1.29 is 4.39 Å². The van der Waals surface area contributed by atoms with Crippen molar-refractivity contribution in [1.82, 2.24) is 0 Å². The van der Waals surface area contributed by atoms with E-state index in [9.17, 15) is 4.39 Å². The lowest BCUT2D eigenvalue weighted by molar-refractivity contribution is 0.616. The van der Waals surface area contributed by atoms with E-state index < -0.39 is 0 Å². The number of hydrogen-bond acceptors (Lipinski definition) is 2. The van der Waals surface area contributed by atoms with Gasteiger partial charge in [0.25, 0.3) is 0 Å². The zero-order chi connectivity index (χ0) is 13.8. The van der Waals surface area contributed by atoms with Crippen LogP contribution in [0.3, 0.4) is 0 Å². The predicted molar refractivity (Wildman–Crippen MR) is 79.2 cm³/mol. The van der Waals surface area contributed by atoms with Gasteiger partial charge in [0.1, 0.15) is 5.82 Å². The average molecular weight is 258 g/mol. The van der Waals surface area contributed by atoms with E-state index >= 15 is 0 Å². The molecule has 1 N–H and O–H groups in total. The third-order valence-corrected chi connectivity index (χ3v) is 3.10. The van der Waals surface area contributed by atoms with Crippen LogP contribution in [0.5, 0.6) is 0 Å². The maximum absolute atomic E-state index is 13.4. The van der Waals surface area contributed by atoms with Gasteiger partial charge in [0.05, 0.1) is 0 Å². The Morgan fingerprint density at radius 3 is 2.58 bits per heavy atom. The Bertz CT molecular complexity index is 564. The Hall–Kier alpha value is -2.03. The third kappa shape index (κ3) is 3.47. The van der Waals surface area contributed by atoms with Gasteiger partial charge in [0.2, 0.25) is 0 Å². The molecule has 2 aromatic carbocycles. The lowest BCUT2D eigenvalue weighted by Gasteiger charge is -2.14. The van der Waals surface area contributed by atoms with Crippen molar-refractivity contribution >= 4 is 11.4 Å². The fraction of sp³-hybridized carbons (Fsp3) is 0.250. The van der Waals surface area contributed by atoms with Crippen LogP contribution in [0.4, 0.5) is 15.8 Å². The van der Waals surface area contributed by atoms with Gasteiger partial charge in [-0.3, -0.25) is 0 Å². The van der Waals surface area contributed by atoms with Gasteiger partial charge < -0.3 is 10.2 Å². The van der Waals surface area contributed by atoms with Crippen molar-refractivity contribution in [3.8, 4) is 0 Å². The SMILES string of the molecule is Cc1ccc(CNc2cccc(N(C)C)c2)cc1F. The molecule has 0 aliphatic rings. The van der Waals surface area contributed by atoms with Crippen LogP contribution in [0.1, 0.15) is 11.1 Å². The van der Waals surface area contributed by atoms with Crippen molar-refractivity contribution in [2.24, 2.45) is 0 Å². The van der Waals surface area contributed by atoms with Crippen LogP contribution < -0.4 is 10.2 Å². The van der Waals surface area contributed by atoms with Crippen LogP contribution >= 0.6 is 0 Å². The normalized spacial score (nSPS) is 10.3. The highest BCUT2D eigenvalue weighted by molar-refractivity contribution is 5.57. The molecule has 0 unspecified atom stereocenters. The summed E-state index contributed by atoms with van der Waals surface area (Å²) < 4.78 is 13.4. The summed E-state index contributed by atoms with van der Waals surface area (Å²) in [7, 11) is 4.02. The Labute approximate surface area is 113 Å². The van der Waals surface area contributed by atoms with E-state index in [0.717, 1.165) is 16.9 Å². The Balaban J connectivity index is 2.05. The van der Waals surface area contributed by atoms with Crippen molar-refractivity contribution in [1.29, 1.82) is 0 Å². The van der Waals surface area contributed by atoms with Crippen molar-refractivity contribution in [3.05, 3.63) is 59.4 Å². The van der Waals surface area contributed by atoms with Gasteiger partial charge in [0.15, 0.2) is 0 Å². The summed E-state index contributed by atoms with van der Waals surface area (Å²) in [5.41, 5.74) is 3.80. The van der Waals surface area contributed by atoms with E-state index in [1.807, 2.05) is 38.4 Å². The number of halogens is 1. The smallest absolute Gasteiger partial charge is 0.126 e. The van der Waals surface area contributed by atoms with Crippen LogP contribution in [0.2, 0.25) is 0 Å². The summed E-state index contributed by atoms with van der Waals surface area (Å²) in [5, 5.41) is 3.31. The molecule has 0 atom stereocenters. The highest BCUT2D eigenvalue weighted by atomic mass is 19.1. The van der Waals surface area contributed by atoms with Gasteiger partial charge in [-0.2, -0.15) is 0 Å². The second-order valence-corrected chi connectivity index (χ2v) is 4.88. The highest BCUT2D eigenvalue weighted by Crippen LogP contribution is 2.18. The van der Waals surface area contributed by atoms with E-state index in [-0.39, 0.29) is 5.82 Å². The molecule has 0 amide bonds. The molecule has 0 aliphatic carbocycles. The van der Waals surface area contributed by atoms with Gasteiger partial charge in [-0.15, -0.1) is 0 Å². The lowest BCUT2D eigenvalue weighted by atomic mass is 10.1. The fourth-order valence-corrected chi connectivity index (χ4v) is 1.84. The van der Waals surface area contributed by atoms with Crippen molar-refractivity contribution in [2.75, 3.05) is 24.3 Å². The maximum atomic E-state index is 13.4. The van der Waals surface area contributed by atoms with Gasteiger partial charge >= 0.3 is 0 Å². The summed E-state index contributed by atoms with van der Waals surface area (Å²) in [6.45, 7) is 2.39. The number of aryl methyl sites for hydroxylation is 1. The topological polar surface area (TPSA) is 15.3 Å². The van der Waals surface area contributed by atoms with E-state index in [1.54, 1.807) is 13.0 Å². The molecule has 0 saturated heterocycles. The summed E-state index contributed by atoms with van der Waals surface area (Å²) in [6.07, 6.45) is 0. The second kappa shape index (κ2) is 5.74. The number of nitrogens with one attached hydrogen (secondary N) is 1. The van der Waals surface area contributed by atoms with Crippen molar-refractivity contribution in [2.45, 2.75) is 13.5 Å². The molecule has 3 heteroatoms. The number of nitrogens with zero attached hydrogens (tertiary/aromatic N) is 1. The molecular formula is C16H19FN2. The quantitative estimate of drug-likeness (QED) is 0.897. The third-order valence-electron chi connectivity index (χ3n) is 3.10. The van der Waals surface area contributed by atoms with E-state index in [4.69, 9.17) is 0 Å². The molecule has 2 aromatic rings. The summed E-state index contributed by atoms with van der Waals surface area (Å²) in [6, 6.07) is 13.5. The minimum Gasteiger partial charge on any atom is -0.381 e. The summed E-state index contributed by atoms with van der Waals surface area (Å²) in [4.78, 5) is 2.05. The first-order valence-corrected chi connectivity index (χ1v) is 6.32. The molecule has 100 valence electrons. The van der Waals surface area contributed by atoms with E-state index in [1.165, 1.54) is 0 Å². The van der Waals surface area contributed by atoms with Gasteiger partial charge in [-0.1, -0.05) is 18.2 Å². The minimum absolute atomic E-state index is 0.152. The zero-order valence-corrected chi connectivity index (χ0v) is 11.6. The van der Waals surface area contributed by atoms with Gasteiger partial charge in [-0.25, -0.2) is 4.39 Å². The first kappa shape index (κ1) is 13.4. The Morgan fingerprint density at radius 1 is 1.11 bits per heavy atom. The maximum Gasteiger partial charge on any atom is 0.126 e. The molecule has 0 radical (unpaired) electrons. The average Bonchev–Trinajstić information content (AvgIpc) is 2.40. The lowest BCUT2D eigenvalue weighted by Crippen LogP contribution is -2.09. The van der Waals surface area contributed by atoms with Gasteiger partial charge in [-0.05, 0) is 42.3 Å². The molecule has 2 rings (SSSR count). The molecule has 0 aliphatic heterocycles. The first-order valence-electron chi connectivity index (χ1n) is 6.32. The summed E-state index contributed by atoms with van der Waals surface area (Å²) >= 11 is 0. The first-order chi connectivity index (χ1) is 9.06. The largest absolute Gasteiger partial charge is 0.381 e. The second-order valence-electron chi connectivity index (χ2n) is 4.88. The van der Waals surface area contributed by atoms with Crippen molar-refractivity contribution in [3.63, 3.8) is 0 Å². The Kier molecular flexibility index (Phi) is 4.05. The van der Waals surface area contributed by atoms with Crippen LogP contribution in [0, 0.1) is 12.7 Å². The standard InChI is InChI=1S/C16H19FN2/c1-12-7-8-13(9-16(12)17)11-18-14-5-4-6-15(10-14)19(2)3/h4-10,18H,11H2,1-3H3. The fourth-order valence-electron chi connectivity index (χ4n) is 1.84. The molecule has 0 heterocycles. The zero-order valence-electron chi connectivity index (χ0n) is 11.6. The molecule has 2 nitrogen and oxygen atoms in total. The molecule has 0 fully saturated rings. The monoisotopic (exact) mass is 258 g/mol. The summed E-state index contributed by atoms with van der Waals surface area (Å²) in [5.74, 6) is -0.152. The number of rotatable bonds is 4. The molecule has 19 heavy (non-hydrogen) atoms. The van der Waals surface area contributed by atoms with Crippen LogP contribution in [-0.4, -0.2) is 14.1 Å². The van der Waals surface area contributed by atoms with E-state index in [0.29, 0.717) is 12.1 Å². The molecule has 0 spiro atoms. The number of anilines is 2. The molecule has 0 bridgehead atoms. The van der Waals surface area contributed by atoms with Crippen LogP contribution in [0.25, 0.3) is 0 Å².